The number of hydrogen-bond acceptors (Lipinski definition) is 5. The van der Waals surface area contributed by atoms with Gasteiger partial charge in [-0.1, -0.05) is 19.3 Å². The number of anilines is 1. The molecule has 0 aromatic carbocycles. The average Bonchev–Trinajstić information content (AvgIpc) is 3.22. The second-order valence-corrected chi connectivity index (χ2v) is 7.57. The molecule has 0 spiro atoms. The van der Waals surface area contributed by atoms with Crippen LogP contribution in [0, 0.1) is 6.92 Å². The van der Waals surface area contributed by atoms with E-state index in [1.54, 1.807) is 4.52 Å². The average molecular weight is 355 g/mol. The second-order valence-electron chi connectivity index (χ2n) is 6.66. The first kappa shape index (κ1) is 16.1. The molecular formula is C18H21N5OS. The molecule has 3 aromatic rings. The number of pyridine rings is 1. The molecule has 4 rings (SSSR count). The first-order valence-corrected chi connectivity index (χ1v) is 9.50. The Balaban J connectivity index is 1.57. The summed E-state index contributed by atoms with van der Waals surface area (Å²) in [5.74, 6) is 0.295. The maximum Gasteiger partial charge on any atom is 0.261 e. The monoisotopic (exact) mass is 355 g/mol. The highest BCUT2D eigenvalue weighted by atomic mass is 32.1. The summed E-state index contributed by atoms with van der Waals surface area (Å²) in [5.41, 5.74) is 9.46. The van der Waals surface area contributed by atoms with E-state index in [0.29, 0.717) is 6.04 Å². The minimum Gasteiger partial charge on any atom is -0.366 e. The maximum atomic E-state index is 12.5. The number of hydrogen-bond donors (Lipinski definition) is 2. The highest BCUT2D eigenvalue weighted by Crippen LogP contribution is 2.28. The van der Waals surface area contributed by atoms with Crippen LogP contribution < -0.4 is 11.1 Å². The van der Waals surface area contributed by atoms with Crippen molar-refractivity contribution in [1.82, 2.24) is 19.9 Å². The molecule has 0 radical (unpaired) electrons. The first-order chi connectivity index (χ1) is 12.1. The predicted octanol–water partition coefficient (Wildman–Crippen LogP) is 3.41. The van der Waals surface area contributed by atoms with Gasteiger partial charge >= 0.3 is 0 Å². The molecule has 130 valence electrons. The van der Waals surface area contributed by atoms with Crippen LogP contribution in [0.15, 0.2) is 23.7 Å². The molecule has 0 unspecified atom stereocenters. The maximum absolute atomic E-state index is 12.5. The van der Waals surface area contributed by atoms with Gasteiger partial charge in [0.05, 0.1) is 4.88 Å². The number of aromatic nitrogens is 3. The van der Waals surface area contributed by atoms with E-state index in [-0.39, 0.29) is 11.9 Å². The van der Waals surface area contributed by atoms with E-state index in [4.69, 9.17) is 5.73 Å². The first-order valence-electron chi connectivity index (χ1n) is 8.62. The number of fused-ring (bicyclic) bond motifs is 1. The Labute approximate surface area is 150 Å². The van der Waals surface area contributed by atoms with Gasteiger partial charge in [0.2, 0.25) is 5.95 Å². The zero-order chi connectivity index (χ0) is 17.4. The number of amides is 1. The lowest BCUT2D eigenvalue weighted by Crippen LogP contribution is -2.35. The van der Waals surface area contributed by atoms with E-state index >= 15 is 0 Å². The third-order valence-corrected chi connectivity index (χ3v) is 5.66. The minimum atomic E-state index is 0.0333. The van der Waals surface area contributed by atoms with Crippen LogP contribution in [0.5, 0.6) is 0 Å². The molecule has 0 atom stereocenters. The number of nitrogens with one attached hydrogen (secondary N) is 1. The number of aryl methyl sites for hydroxylation is 1. The molecule has 1 aliphatic rings. The molecule has 0 aliphatic heterocycles. The third kappa shape index (κ3) is 3.24. The summed E-state index contributed by atoms with van der Waals surface area (Å²) in [6, 6.07) is 4.32. The lowest BCUT2D eigenvalue weighted by atomic mass is 9.95. The fourth-order valence-corrected chi connectivity index (χ4v) is 4.25. The van der Waals surface area contributed by atoms with Gasteiger partial charge in [0.1, 0.15) is 0 Å². The topological polar surface area (TPSA) is 85.3 Å². The zero-order valence-electron chi connectivity index (χ0n) is 14.2. The summed E-state index contributed by atoms with van der Waals surface area (Å²) in [7, 11) is 0. The summed E-state index contributed by atoms with van der Waals surface area (Å²) in [6.07, 6.45) is 7.78. The highest BCUT2D eigenvalue weighted by Gasteiger charge is 2.18. The lowest BCUT2D eigenvalue weighted by molar-refractivity contribution is 0.0932. The van der Waals surface area contributed by atoms with Crippen molar-refractivity contribution < 1.29 is 4.79 Å². The smallest absolute Gasteiger partial charge is 0.261 e. The van der Waals surface area contributed by atoms with Gasteiger partial charge in [-0.2, -0.15) is 4.98 Å². The molecule has 6 nitrogen and oxygen atoms in total. The Kier molecular flexibility index (Phi) is 4.17. The lowest BCUT2D eigenvalue weighted by Gasteiger charge is -2.22. The summed E-state index contributed by atoms with van der Waals surface area (Å²) < 4.78 is 1.69. The minimum absolute atomic E-state index is 0.0333. The number of nitrogens with two attached hydrogens (primary N) is 1. The van der Waals surface area contributed by atoms with Crippen molar-refractivity contribution in [3.05, 3.63) is 34.2 Å². The quantitative estimate of drug-likeness (QED) is 0.754. The van der Waals surface area contributed by atoms with E-state index in [9.17, 15) is 4.79 Å². The van der Waals surface area contributed by atoms with E-state index < -0.39 is 0 Å². The molecule has 1 aliphatic carbocycles. The fourth-order valence-electron chi connectivity index (χ4n) is 3.43. The van der Waals surface area contributed by atoms with Crippen molar-refractivity contribution in [3.8, 4) is 11.1 Å². The van der Waals surface area contributed by atoms with Gasteiger partial charge in [-0.25, -0.2) is 4.52 Å². The Morgan fingerprint density at radius 1 is 1.28 bits per heavy atom. The summed E-state index contributed by atoms with van der Waals surface area (Å²) in [5, 5.41) is 9.37. The van der Waals surface area contributed by atoms with E-state index in [1.165, 1.54) is 30.6 Å². The molecule has 1 fully saturated rings. The van der Waals surface area contributed by atoms with Crippen molar-refractivity contribution >= 4 is 28.8 Å². The summed E-state index contributed by atoms with van der Waals surface area (Å²) in [4.78, 5) is 17.5. The standard InChI is InChI=1S/C18H21N5OS/c1-11-7-12(9-23-16(11)21-18(19)22-23)13-8-15(25-10-13)17(24)20-14-5-3-2-4-6-14/h7-10,14H,2-6H2,1H3,(H2,19,22)(H,20,24). The summed E-state index contributed by atoms with van der Waals surface area (Å²) >= 11 is 1.48. The van der Waals surface area contributed by atoms with E-state index in [2.05, 4.69) is 15.4 Å². The van der Waals surface area contributed by atoms with Crippen LogP contribution in [-0.2, 0) is 0 Å². The van der Waals surface area contributed by atoms with Gasteiger partial charge in [-0.3, -0.25) is 4.79 Å². The number of carbonyl (C=O) groups excluding carboxylic acids is 1. The highest BCUT2D eigenvalue weighted by molar-refractivity contribution is 7.12. The van der Waals surface area contributed by atoms with Crippen LogP contribution in [0.25, 0.3) is 16.8 Å². The third-order valence-electron chi connectivity index (χ3n) is 4.73. The molecule has 25 heavy (non-hydrogen) atoms. The van der Waals surface area contributed by atoms with Gasteiger partial charge in [-0.15, -0.1) is 16.4 Å². The van der Waals surface area contributed by atoms with Gasteiger partial charge < -0.3 is 11.1 Å². The number of rotatable bonds is 3. The Morgan fingerprint density at radius 2 is 2.08 bits per heavy atom. The predicted molar refractivity (Wildman–Crippen MR) is 99.8 cm³/mol. The van der Waals surface area contributed by atoms with Crippen LogP contribution >= 0.6 is 11.3 Å². The number of nitrogen functional groups attached to an aromatic ring is 1. The summed E-state index contributed by atoms with van der Waals surface area (Å²) in [6.45, 7) is 1.98. The van der Waals surface area contributed by atoms with Gasteiger partial charge in [0.15, 0.2) is 5.65 Å². The molecule has 3 aromatic heterocycles. The van der Waals surface area contributed by atoms with E-state index in [1.807, 2.05) is 30.6 Å². The largest absolute Gasteiger partial charge is 0.366 e. The molecule has 0 saturated heterocycles. The Morgan fingerprint density at radius 3 is 2.88 bits per heavy atom. The van der Waals surface area contributed by atoms with Gasteiger partial charge in [-0.05, 0) is 48.4 Å². The number of nitrogens with zero attached hydrogens (tertiary/aromatic N) is 3. The van der Waals surface area contributed by atoms with Crippen molar-refractivity contribution in [2.24, 2.45) is 0 Å². The molecule has 3 heterocycles. The van der Waals surface area contributed by atoms with Crippen molar-refractivity contribution in [1.29, 1.82) is 0 Å². The molecular weight excluding hydrogens is 334 g/mol. The molecule has 1 saturated carbocycles. The van der Waals surface area contributed by atoms with Crippen LogP contribution in [0.3, 0.4) is 0 Å². The van der Waals surface area contributed by atoms with Crippen molar-refractivity contribution in [2.45, 2.75) is 45.1 Å². The molecule has 1 amide bonds. The Hall–Kier alpha value is -2.41. The van der Waals surface area contributed by atoms with Crippen LogP contribution in [0.1, 0.15) is 47.3 Å². The van der Waals surface area contributed by atoms with Gasteiger partial charge in [0, 0.05) is 17.8 Å². The van der Waals surface area contributed by atoms with E-state index in [0.717, 1.165) is 40.1 Å². The SMILES string of the molecule is Cc1cc(-c2csc(C(=O)NC3CCCCC3)c2)cn2nc(N)nc12. The fraction of sp³-hybridized carbons (Fsp3) is 0.389. The number of thiophene rings is 1. The van der Waals surface area contributed by atoms with Crippen LogP contribution in [0.4, 0.5) is 5.95 Å². The Bertz CT molecular complexity index is 923. The van der Waals surface area contributed by atoms with Gasteiger partial charge in [0.25, 0.3) is 5.91 Å². The van der Waals surface area contributed by atoms with Crippen LogP contribution in [0.2, 0.25) is 0 Å². The number of carbonyl (C=O) groups is 1. The molecule has 0 bridgehead atoms. The second kappa shape index (κ2) is 6.48. The molecule has 3 N–H and O–H groups in total. The van der Waals surface area contributed by atoms with Crippen LogP contribution in [-0.4, -0.2) is 26.5 Å². The molecule has 7 heteroatoms. The van der Waals surface area contributed by atoms with Crippen molar-refractivity contribution in [2.75, 3.05) is 5.73 Å². The van der Waals surface area contributed by atoms with Crippen molar-refractivity contribution in [3.63, 3.8) is 0 Å². The normalized spacial score (nSPS) is 15.6. The zero-order valence-corrected chi connectivity index (χ0v) is 15.0.